The van der Waals surface area contributed by atoms with Gasteiger partial charge in [-0.05, 0) is 55.5 Å². The summed E-state index contributed by atoms with van der Waals surface area (Å²) in [6.45, 7) is 5.63. The zero-order chi connectivity index (χ0) is 18.5. The molecule has 0 radical (unpaired) electrons. The van der Waals surface area contributed by atoms with E-state index in [2.05, 4.69) is 21.9 Å². The molecule has 0 saturated carbocycles. The molecule has 1 fully saturated rings. The van der Waals surface area contributed by atoms with Crippen LogP contribution in [0.1, 0.15) is 17.3 Å². The van der Waals surface area contributed by atoms with Gasteiger partial charge >= 0.3 is 0 Å². The van der Waals surface area contributed by atoms with Crippen molar-refractivity contribution in [2.75, 3.05) is 38.2 Å². The number of ketones is 1. The Kier molecular flexibility index (Phi) is 5.84. The SMILES string of the molecule is COc1ccc(N2CCN(/C(C)=C\C(=O)c3ccc(Cl)cc3)CC2)cc1. The first-order valence-corrected chi connectivity index (χ1v) is 9.07. The highest BCUT2D eigenvalue weighted by molar-refractivity contribution is 6.30. The van der Waals surface area contributed by atoms with Gasteiger partial charge in [0.25, 0.3) is 0 Å². The van der Waals surface area contributed by atoms with Crippen LogP contribution in [0.15, 0.2) is 60.3 Å². The van der Waals surface area contributed by atoms with Crippen LogP contribution in [0.4, 0.5) is 5.69 Å². The fourth-order valence-electron chi connectivity index (χ4n) is 3.09. The number of halogens is 1. The van der Waals surface area contributed by atoms with E-state index in [4.69, 9.17) is 16.3 Å². The van der Waals surface area contributed by atoms with Gasteiger partial charge in [0.15, 0.2) is 5.78 Å². The fraction of sp³-hybridized carbons (Fsp3) is 0.286. The normalized spacial score (nSPS) is 15.1. The van der Waals surface area contributed by atoms with E-state index in [1.54, 1.807) is 37.5 Å². The zero-order valence-corrected chi connectivity index (χ0v) is 15.9. The Morgan fingerprint density at radius 2 is 1.62 bits per heavy atom. The maximum absolute atomic E-state index is 12.4. The lowest BCUT2D eigenvalue weighted by atomic mass is 10.1. The highest BCUT2D eigenvalue weighted by Crippen LogP contribution is 2.21. The molecule has 0 aromatic heterocycles. The molecule has 5 heteroatoms. The van der Waals surface area contributed by atoms with Crippen molar-refractivity contribution in [3.8, 4) is 5.75 Å². The van der Waals surface area contributed by atoms with Gasteiger partial charge in [0.05, 0.1) is 7.11 Å². The number of allylic oxidation sites excluding steroid dienone is 2. The summed E-state index contributed by atoms with van der Waals surface area (Å²) in [5.74, 6) is 0.878. The van der Waals surface area contributed by atoms with Crippen LogP contribution in [-0.4, -0.2) is 44.0 Å². The minimum Gasteiger partial charge on any atom is -0.497 e. The summed E-state index contributed by atoms with van der Waals surface area (Å²) < 4.78 is 5.21. The number of carbonyl (C=O) groups excluding carboxylic acids is 1. The molecule has 1 aliphatic rings. The Bertz CT molecular complexity index is 777. The van der Waals surface area contributed by atoms with Crippen LogP contribution in [0.2, 0.25) is 5.02 Å². The van der Waals surface area contributed by atoms with Crippen molar-refractivity contribution in [1.82, 2.24) is 4.90 Å². The van der Waals surface area contributed by atoms with Gasteiger partial charge in [0.2, 0.25) is 0 Å². The maximum Gasteiger partial charge on any atom is 0.187 e. The molecule has 2 aromatic carbocycles. The molecule has 0 amide bonds. The highest BCUT2D eigenvalue weighted by Gasteiger charge is 2.18. The number of carbonyl (C=O) groups is 1. The molecule has 1 heterocycles. The van der Waals surface area contributed by atoms with Gasteiger partial charge in [-0.3, -0.25) is 4.79 Å². The minimum absolute atomic E-state index is 0.0109. The largest absolute Gasteiger partial charge is 0.497 e. The molecule has 26 heavy (non-hydrogen) atoms. The summed E-state index contributed by atoms with van der Waals surface area (Å²) in [6.07, 6.45) is 1.71. The summed E-state index contributed by atoms with van der Waals surface area (Å²) in [5, 5.41) is 0.636. The van der Waals surface area contributed by atoms with Crippen molar-refractivity contribution in [3.05, 3.63) is 70.9 Å². The van der Waals surface area contributed by atoms with Gasteiger partial charge in [0.1, 0.15) is 5.75 Å². The number of benzene rings is 2. The van der Waals surface area contributed by atoms with E-state index >= 15 is 0 Å². The van der Waals surface area contributed by atoms with Crippen molar-refractivity contribution in [2.24, 2.45) is 0 Å². The first-order valence-electron chi connectivity index (χ1n) is 8.69. The summed E-state index contributed by atoms with van der Waals surface area (Å²) in [6, 6.07) is 15.1. The van der Waals surface area contributed by atoms with Gasteiger partial charge in [-0.15, -0.1) is 0 Å². The van der Waals surface area contributed by atoms with Crippen molar-refractivity contribution < 1.29 is 9.53 Å². The molecule has 0 aliphatic carbocycles. The molecule has 1 aliphatic heterocycles. The number of rotatable bonds is 5. The van der Waals surface area contributed by atoms with E-state index in [1.165, 1.54) is 5.69 Å². The predicted octanol–water partition coefficient (Wildman–Crippen LogP) is 4.26. The third-order valence-corrected chi connectivity index (χ3v) is 4.94. The summed E-state index contributed by atoms with van der Waals surface area (Å²) in [7, 11) is 1.67. The van der Waals surface area contributed by atoms with Gasteiger partial charge in [0, 0.05) is 54.2 Å². The number of anilines is 1. The Hall–Kier alpha value is -2.46. The average Bonchev–Trinajstić information content (AvgIpc) is 2.68. The first-order chi connectivity index (χ1) is 12.6. The molecule has 0 N–H and O–H groups in total. The number of nitrogens with zero attached hydrogens (tertiary/aromatic N) is 2. The highest BCUT2D eigenvalue weighted by atomic mass is 35.5. The number of piperazine rings is 1. The molecular formula is C21H23ClN2O2. The number of ether oxygens (including phenoxy) is 1. The second-order valence-corrected chi connectivity index (χ2v) is 6.77. The van der Waals surface area contributed by atoms with Crippen LogP contribution in [-0.2, 0) is 0 Å². The molecule has 4 nitrogen and oxygen atoms in total. The standard InChI is InChI=1S/C21H23ClN2O2/c1-16(15-21(25)17-3-5-18(22)6-4-17)23-11-13-24(14-12-23)19-7-9-20(26-2)10-8-19/h3-10,15H,11-14H2,1-2H3/b16-15-. The molecule has 1 saturated heterocycles. The van der Waals surface area contributed by atoms with Crippen LogP contribution in [0.25, 0.3) is 0 Å². The third kappa shape index (κ3) is 4.38. The lowest BCUT2D eigenvalue weighted by molar-refractivity contribution is 0.104. The van der Waals surface area contributed by atoms with Crippen LogP contribution in [0, 0.1) is 0 Å². The third-order valence-electron chi connectivity index (χ3n) is 4.68. The lowest BCUT2D eigenvalue weighted by Crippen LogP contribution is -2.45. The Morgan fingerprint density at radius 1 is 1.00 bits per heavy atom. The van der Waals surface area contributed by atoms with Gasteiger partial charge in [-0.1, -0.05) is 11.6 Å². The molecule has 0 bridgehead atoms. The van der Waals surface area contributed by atoms with Crippen molar-refractivity contribution in [3.63, 3.8) is 0 Å². The molecule has 0 unspecified atom stereocenters. The summed E-state index contributed by atoms with van der Waals surface area (Å²) in [4.78, 5) is 17.0. The quantitative estimate of drug-likeness (QED) is 0.581. The number of hydrogen-bond donors (Lipinski definition) is 0. The van der Waals surface area contributed by atoms with Crippen molar-refractivity contribution in [1.29, 1.82) is 0 Å². The molecule has 2 aromatic rings. The summed E-state index contributed by atoms with van der Waals surface area (Å²) >= 11 is 5.88. The minimum atomic E-state index is 0.0109. The Labute approximate surface area is 159 Å². The van der Waals surface area contributed by atoms with Crippen LogP contribution in [0.5, 0.6) is 5.75 Å². The van der Waals surface area contributed by atoms with E-state index in [1.807, 2.05) is 19.1 Å². The van der Waals surface area contributed by atoms with Gasteiger partial charge in [-0.2, -0.15) is 0 Å². The first kappa shape index (κ1) is 18.3. The molecule has 136 valence electrons. The van der Waals surface area contributed by atoms with E-state index < -0.39 is 0 Å². The monoisotopic (exact) mass is 370 g/mol. The second-order valence-electron chi connectivity index (χ2n) is 6.33. The van der Waals surface area contributed by atoms with Gasteiger partial charge in [-0.25, -0.2) is 0 Å². The van der Waals surface area contributed by atoms with E-state index in [-0.39, 0.29) is 5.78 Å². The van der Waals surface area contributed by atoms with E-state index in [0.29, 0.717) is 10.6 Å². The average molecular weight is 371 g/mol. The summed E-state index contributed by atoms with van der Waals surface area (Å²) in [5.41, 5.74) is 2.86. The lowest BCUT2D eigenvalue weighted by Gasteiger charge is -2.37. The molecule has 0 spiro atoms. The van der Waals surface area contributed by atoms with Crippen LogP contribution in [0.3, 0.4) is 0 Å². The van der Waals surface area contributed by atoms with Crippen molar-refractivity contribution in [2.45, 2.75) is 6.92 Å². The fourth-order valence-corrected chi connectivity index (χ4v) is 3.21. The Morgan fingerprint density at radius 3 is 2.19 bits per heavy atom. The second kappa shape index (κ2) is 8.28. The number of hydrogen-bond acceptors (Lipinski definition) is 4. The van der Waals surface area contributed by atoms with E-state index in [0.717, 1.165) is 37.6 Å². The zero-order valence-electron chi connectivity index (χ0n) is 15.1. The molecule has 3 rings (SSSR count). The van der Waals surface area contributed by atoms with Crippen LogP contribution < -0.4 is 9.64 Å². The molecule has 0 atom stereocenters. The number of methoxy groups -OCH3 is 1. The predicted molar refractivity (Wildman–Crippen MR) is 106 cm³/mol. The van der Waals surface area contributed by atoms with E-state index in [9.17, 15) is 4.79 Å². The van der Waals surface area contributed by atoms with Crippen molar-refractivity contribution >= 4 is 23.1 Å². The Balaban J connectivity index is 1.59. The smallest absolute Gasteiger partial charge is 0.187 e. The maximum atomic E-state index is 12.4. The van der Waals surface area contributed by atoms with Crippen LogP contribution >= 0.6 is 11.6 Å². The topological polar surface area (TPSA) is 32.8 Å². The molecular weight excluding hydrogens is 348 g/mol. The van der Waals surface area contributed by atoms with Gasteiger partial charge < -0.3 is 14.5 Å².